The molecule has 1 heterocycles. The smallest absolute Gasteiger partial charge is 0.127 e. The molecule has 0 N–H and O–H groups in total. The van der Waals surface area contributed by atoms with Gasteiger partial charge in [-0.2, -0.15) is 12.6 Å². The first-order valence-electron chi connectivity index (χ1n) is 5.85. The molecular formula is C13H18FNS. The first-order chi connectivity index (χ1) is 7.66. The van der Waals surface area contributed by atoms with Crippen molar-refractivity contribution in [3.05, 3.63) is 35.1 Å². The van der Waals surface area contributed by atoms with Crippen LogP contribution in [0.1, 0.15) is 36.1 Å². The molecule has 1 atom stereocenters. The Morgan fingerprint density at radius 2 is 2.06 bits per heavy atom. The molecular weight excluding hydrogens is 221 g/mol. The van der Waals surface area contributed by atoms with E-state index in [2.05, 4.69) is 17.5 Å². The van der Waals surface area contributed by atoms with Crippen molar-refractivity contribution in [1.82, 2.24) is 4.90 Å². The van der Waals surface area contributed by atoms with Gasteiger partial charge in [0.1, 0.15) is 5.82 Å². The zero-order valence-electron chi connectivity index (χ0n) is 9.62. The maximum atomic E-state index is 13.6. The van der Waals surface area contributed by atoms with Crippen molar-refractivity contribution in [3.8, 4) is 0 Å². The van der Waals surface area contributed by atoms with Crippen molar-refractivity contribution in [2.75, 3.05) is 13.1 Å². The molecule has 1 nitrogen and oxygen atoms in total. The third-order valence-electron chi connectivity index (χ3n) is 3.14. The van der Waals surface area contributed by atoms with Crippen molar-refractivity contribution < 1.29 is 4.39 Å². The molecule has 0 aromatic heterocycles. The summed E-state index contributed by atoms with van der Waals surface area (Å²) < 4.78 is 13.6. The van der Waals surface area contributed by atoms with Crippen molar-refractivity contribution in [1.29, 1.82) is 0 Å². The van der Waals surface area contributed by atoms with Crippen molar-refractivity contribution in [3.63, 3.8) is 0 Å². The van der Waals surface area contributed by atoms with Gasteiger partial charge in [-0.05, 0) is 44.5 Å². The Hall–Kier alpha value is -0.540. The molecule has 0 saturated carbocycles. The van der Waals surface area contributed by atoms with Crippen LogP contribution in [-0.2, 0) is 6.54 Å². The second kappa shape index (κ2) is 5.19. The number of halogens is 1. The molecule has 0 radical (unpaired) electrons. The Morgan fingerprint density at radius 3 is 2.69 bits per heavy atom. The monoisotopic (exact) mass is 239 g/mol. The third-order valence-corrected chi connectivity index (χ3v) is 3.44. The number of rotatable bonds is 3. The summed E-state index contributed by atoms with van der Waals surface area (Å²) in [4.78, 5) is 2.31. The first kappa shape index (κ1) is 11.9. The van der Waals surface area contributed by atoms with E-state index in [-0.39, 0.29) is 11.1 Å². The lowest BCUT2D eigenvalue weighted by atomic mass is 10.1. The van der Waals surface area contributed by atoms with Gasteiger partial charge in [0.25, 0.3) is 0 Å². The van der Waals surface area contributed by atoms with E-state index in [1.54, 1.807) is 6.07 Å². The summed E-state index contributed by atoms with van der Waals surface area (Å²) in [5.41, 5.74) is 1.90. The zero-order valence-corrected chi connectivity index (χ0v) is 10.5. The van der Waals surface area contributed by atoms with Crippen LogP contribution >= 0.6 is 12.6 Å². The Morgan fingerprint density at radius 1 is 1.38 bits per heavy atom. The van der Waals surface area contributed by atoms with Crippen LogP contribution in [0.2, 0.25) is 0 Å². The fourth-order valence-corrected chi connectivity index (χ4v) is 2.32. The number of benzene rings is 1. The van der Waals surface area contributed by atoms with Gasteiger partial charge >= 0.3 is 0 Å². The summed E-state index contributed by atoms with van der Waals surface area (Å²) in [5, 5.41) is 0.165. The van der Waals surface area contributed by atoms with Gasteiger partial charge in [-0.1, -0.05) is 12.1 Å². The largest absolute Gasteiger partial charge is 0.299 e. The quantitative estimate of drug-likeness (QED) is 0.791. The van der Waals surface area contributed by atoms with Crippen LogP contribution in [0.5, 0.6) is 0 Å². The van der Waals surface area contributed by atoms with Gasteiger partial charge in [0.15, 0.2) is 0 Å². The lowest BCUT2D eigenvalue weighted by Gasteiger charge is -2.16. The summed E-state index contributed by atoms with van der Waals surface area (Å²) in [6.07, 6.45) is 2.48. The lowest BCUT2D eigenvalue weighted by molar-refractivity contribution is 0.325. The highest BCUT2D eigenvalue weighted by Gasteiger charge is 2.14. The van der Waals surface area contributed by atoms with E-state index in [9.17, 15) is 4.39 Å². The molecule has 1 unspecified atom stereocenters. The van der Waals surface area contributed by atoms with E-state index in [1.807, 2.05) is 19.1 Å². The van der Waals surface area contributed by atoms with E-state index in [1.165, 1.54) is 12.8 Å². The van der Waals surface area contributed by atoms with Crippen LogP contribution in [0.25, 0.3) is 0 Å². The molecule has 0 spiro atoms. The molecule has 0 amide bonds. The average molecular weight is 239 g/mol. The molecule has 1 fully saturated rings. The number of nitrogens with zero attached hydrogens (tertiary/aromatic N) is 1. The number of hydrogen-bond acceptors (Lipinski definition) is 2. The summed E-state index contributed by atoms with van der Waals surface area (Å²) in [7, 11) is 0. The van der Waals surface area contributed by atoms with Gasteiger partial charge in [0, 0.05) is 17.4 Å². The van der Waals surface area contributed by atoms with E-state index < -0.39 is 0 Å². The lowest BCUT2D eigenvalue weighted by Crippen LogP contribution is -2.19. The molecule has 1 aliphatic heterocycles. The summed E-state index contributed by atoms with van der Waals surface area (Å²) >= 11 is 4.38. The minimum absolute atomic E-state index is 0.0929. The van der Waals surface area contributed by atoms with E-state index in [0.717, 1.165) is 30.8 Å². The topological polar surface area (TPSA) is 3.24 Å². The van der Waals surface area contributed by atoms with Crippen LogP contribution in [0, 0.1) is 5.82 Å². The summed E-state index contributed by atoms with van der Waals surface area (Å²) in [6.45, 7) is 4.94. The highest BCUT2D eigenvalue weighted by Crippen LogP contribution is 2.23. The number of hydrogen-bond donors (Lipinski definition) is 1. The van der Waals surface area contributed by atoms with E-state index in [4.69, 9.17) is 0 Å². The molecule has 1 aliphatic rings. The van der Waals surface area contributed by atoms with Crippen LogP contribution in [0.3, 0.4) is 0 Å². The fourth-order valence-electron chi connectivity index (χ4n) is 2.16. The van der Waals surface area contributed by atoms with Gasteiger partial charge in [0.05, 0.1) is 0 Å². The van der Waals surface area contributed by atoms with Gasteiger partial charge in [-0.3, -0.25) is 4.90 Å². The van der Waals surface area contributed by atoms with Crippen molar-refractivity contribution in [2.45, 2.75) is 31.6 Å². The third kappa shape index (κ3) is 2.77. The predicted molar refractivity (Wildman–Crippen MR) is 68.3 cm³/mol. The van der Waals surface area contributed by atoms with Crippen LogP contribution in [-0.4, -0.2) is 18.0 Å². The molecule has 2 rings (SSSR count). The van der Waals surface area contributed by atoms with Gasteiger partial charge in [-0.25, -0.2) is 4.39 Å². The fraction of sp³-hybridized carbons (Fsp3) is 0.538. The highest BCUT2D eigenvalue weighted by molar-refractivity contribution is 7.80. The maximum Gasteiger partial charge on any atom is 0.127 e. The maximum absolute atomic E-state index is 13.6. The number of likely N-dealkylation sites (tertiary alicyclic amines) is 1. The van der Waals surface area contributed by atoms with Crippen molar-refractivity contribution >= 4 is 12.6 Å². The molecule has 1 aromatic carbocycles. The summed E-state index contributed by atoms with van der Waals surface area (Å²) in [6, 6.07) is 5.33. The van der Waals surface area contributed by atoms with Crippen LogP contribution in [0.15, 0.2) is 18.2 Å². The molecule has 16 heavy (non-hydrogen) atoms. The number of thiol groups is 1. The molecule has 0 bridgehead atoms. The second-order valence-electron chi connectivity index (χ2n) is 4.51. The molecule has 0 aliphatic carbocycles. The van der Waals surface area contributed by atoms with Gasteiger partial charge in [0.2, 0.25) is 0 Å². The highest BCUT2D eigenvalue weighted by atomic mass is 32.1. The first-order valence-corrected chi connectivity index (χ1v) is 6.37. The van der Waals surface area contributed by atoms with Crippen LogP contribution < -0.4 is 0 Å². The molecule has 3 heteroatoms. The SMILES string of the molecule is CC(S)c1ccc(F)c(CN2CCCC2)c1. The Kier molecular flexibility index (Phi) is 3.87. The Bertz CT molecular complexity index is 359. The predicted octanol–water partition coefficient (Wildman–Crippen LogP) is 3.41. The minimum Gasteiger partial charge on any atom is -0.299 e. The molecule has 1 aromatic rings. The Balaban J connectivity index is 2.14. The molecule has 1 saturated heterocycles. The normalized spacial score (nSPS) is 18.9. The standard InChI is InChI=1S/C13H18FNS/c1-10(16)11-4-5-13(14)12(8-11)9-15-6-2-3-7-15/h4-5,8,10,16H,2-3,6-7,9H2,1H3. The Labute approximate surface area is 102 Å². The van der Waals surface area contributed by atoms with Crippen LogP contribution in [0.4, 0.5) is 4.39 Å². The average Bonchev–Trinajstić information content (AvgIpc) is 2.73. The summed E-state index contributed by atoms with van der Waals surface area (Å²) in [5.74, 6) is -0.0929. The van der Waals surface area contributed by atoms with Gasteiger partial charge < -0.3 is 0 Å². The second-order valence-corrected chi connectivity index (χ2v) is 5.28. The zero-order chi connectivity index (χ0) is 11.5. The minimum atomic E-state index is -0.0929. The van der Waals surface area contributed by atoms with E-state index >= 15 is 0 Å². The van der Waals surface area contributed by atoms with Gasteiger partial charge in [-0.15, -0.1) is 0 Å². The molecule has 88 valence electrons. The van der Waals surface area contributed by atoms with E-state index in [0.29, 0.717) is 0 Å². The van der Waals surface area contributed by atoms with Crippen molar-refractivity contribution in [2.24, 2.45) is 0 Å².